The molecule has 0 spiro atoms. The zero-order chi connectivity index (χ0) is 16.1. The van der Waals surface area contributed by atoms with Gasteiger partial charge in [-0.15, -0.1) is 0 Å². The van der Waals surface area contributed by atoms with Gasteiger partial charge in [-0.3, -0.25) is 14.4 Å². The molecule has 1 aliphatic rings. The van der Waals surface area contributed by atoms with Gasteiger partial charge in [-0.25, -0.2) is 0 Å². The molecule has 0 radical (unpaired) electrons. The fourth-order valence-electron chi connectivity index (χ4n) is 2.71. The summed E-state index contributed by atoms with van der Waals surface area (Å²) in [6.45, 7) is 3.35. The molecule has 2 aromatic rings. The zero-order valence-corrected chi connectivity index (χ0v) is 13.3. The molecule has 0 aliphatic carbocycles. The van der Waals surface area contributed by atoms with Crippen molar-refractivity contribution >= 4 is 5.91 Å². The molecule has 1 aliphatic heterocycles. The highest BCUT2D eigenvalue weighted by atomic mass is 16.5. The van der Waals surface area contributed by atoms with Crippen molar-refractivity contribution in [2.75, 3.05) is 19.7 Å². The summed E-state index contributed by atoms with van der Waals surface area (Å²) in [5.41, 5.74) is 2.22. The number of aromatic nitrogens is 2. The summed E-state index contributed by atoms with van der Waals surface area (Å²) in [6, 6.07) is 12.2. The SMILES string of the molecule is Cn1nccc1CNC(=O)[C@H]1CN(Cc2ccccc2)CCO1. The first-order valence-electron chi connectivity index (χ1n) is 7.85. The van der Waals surface area contributed by atoms with Crippen LogP contribution >= 0.6 is 0 Å². The van der Waals surface area contributed by atoms with Crippen LogP contribution in [-0.4, -0.2) is 46.4 Å². The topological polar surface area (TPSA) is 59.4 Å². The number of morpholine rings is 1. The van der Waals surface area contributed by atoms with Gasteiger partial charge in [0.2, 0.25) is 0 Å². The molecule has 122 valence electrons. The molecule has 1 N–H and O–H groups in total. The summed E-state index contributed by atoms with van der Waals surface area (Å²) in [5, 5.41) is 7.02. The maximum atomic E-state index is 12.3. The molecule has 1 saturated heterocycles. The van der Waals surface area contributed by atoms with Crippen LogP contribution < -0.4 is 5.32 Å². The molecule has 1 fully saturated rings. The van der Waals surface area contributed by atoms with E-state index in [1.54, 1.807) is 10.9 Å². The zero-order valence-electron chi connectivity index (χ0n) is 13.3. The van der Waals surface area contributed by atoms with E-state index in [2.05, 4.69) is 27.4 Å². The average Bonchev–Trinajstić information content (AvgIpc) is 2.99. The highest BCUT2D eigenvalue weighted by molar-refractivity contribution is 5.81. The lowest BCUT2D eigenvalue weighted by atomic mass is 10.2. The van der Waals surface area contributed by atoms with Crippen molar-refractivity contribution in [2.45, 2.75) is 19.2 Å². The van der Waals surface area contributed by atoms with E-state index in [4.69, 9.17) is 4.74 Å². The minimum absolute atomic E-state index is 0.0658. The van der Waals surface area contributed by atoms with E-state index in [1.807, 2.05) is 31.3 Å². The predicted octanol–water partition coefficient (Wildman–Crippen LogP) is 0.937. The molecular formula is C17H22N4O2. The Labute approximate surface area is 136 Å². The number of ether oxygens (including phenoxy) is 1. The molecular weight excluding hydrogens is 292 g/mol. The van der Waals surface area contributed by atoms with Crippen LogP contribution in [0, 0.1) is 0 Å². The van der Waals surface area contributed by atoms with Crippen molar-refractivity contribution in [1.82, 2.24) is 20.0 Å². The Hall–Kier alpha value is -2.18. The van der Waals surface area contributed by atoms with Crippen molar-refractivity contribution < 1.29 is 9.53 Å². The Balaban J connectivity index is 1.51. The second-order valence-electron chi connectivity index (χ2n) is 5.74. The fourth-order valence-corrected chi connectivity index (χ4v) is 2.71. The van der Waals surface area contributed by atoms with Crippen LogP contribution in [0.3, 0.4) is 0 Å². The smallest absolute Gasteiger partial charge is 0.250 e. The Kier molecular flexibility index (Phi) is 5.05. The Bertz CT molecular complexity index is 641. The second kappa shape index (κ2) is 7.39. The number of benzene rings is 1. The summed E-state index contributed by atoms with van der Waals surface area (Å²) in [5.74, 6) is -0.0658. The third kappa shape index (κ3) is 4.18. The number of hydrogen-bond donors (Lipinski definition) is 1. The van der Waals surface area contributed by atoms with Gasteiger partial charge in [-0.1, -0.05) is 30.3 Å². The molecule has 0 saturated carbocycles. The van der Waals surface area contributed by atoms with Crippen molar-refractivity contribution in [3.05, 3.63) is 53.9 Å². The number of amides is 1. The van der Waals surface area contributed by atoms with Crippen molar-refractivity contribution in [3.63, 3.8) is 0 Å². The molecule has 1 amide bonds. The van der Waals surface area contributed by atoms with E-state index in [0.29, 0.717) is 19.7 Å². The first-order chi connectivity index (χ1) is 11.2. The van der Waals surface area contributed by atoms with Crippen LogP contribution in [-0.2, 0) is 29.7 Å². The van der Waals surface area contributed by atoms with E-state index in [9.17, 15) is 4.79 Å². The van der Waals surface area contributed by atoms with Gasteiger partial charge in [-0.2, -0.15) is 5.10 Å². The summed E-state index contributed by atoms with van der Waals surface area (Å²) < 4.78 is 7.39. The van der Waals surface area contributed by atoms with Gasteiger partial charge < -0.3 is 10.1 Å². The number of carbonyl (C=O) groups excluding carboxylic acids is 1. The lowest BCUT2D eigenvalue weighted by molar-refractivity contribution is -0.139. The Morgan fingerprint density at radius 2 is 2.17 bits per heavy atom. The van der Waals surface area contributed by atoms with Crippen molar-refractivity contribution in [1.29, 1.82) is 0 Å². The monoisotopic (exact) mass is 314 g/mol. The Morgan fingerprint density at radius 3 is 2.91 bits per heavy atom. The summed E-state index contributed by atoms with van der Waals surface area (Å²) in [6.07, 6.45) is 1.31. The van der Waals surface area contributed by atoms with Gasteiger partial charge in [0, 0.05) is 32.9 Å². The Morgan fingerprint density at radius 1 is 1.35 bits per heavy atom. The van der Waals surface area contributed by atoms with Gasteiger partial charge in [0.05, 0.1) is 18.8 Å². The molecule has 2 heterocycles. The number of rotatable bonds is 5. The van der Waals surface area contributed by atoms with Gasteiger partial charge in [0.25, 0.3) is 5.91 Å². The number of carbonyl (C=O) groups is 1. The maximum absolute atomic E-state index is 12.3. The molecule has 1 aromatic carbocycles. The lowest BCUT2D eigenvalue weighted by Crippen LogP contribution is -2.49. The molecule has 0 bridgehead atoms. The quantitative estimate of drug-likeness (QED) is 0.892. The minimum atomic E-state index is -0.416. The first kappa shape index (κ1) is 15.7. The highest BCUT2D eigenvalue weighted by Crippen LogP contribution is 2.11. The standard InChI is InChI=1S/C17H22N4O2/c1-20-15(7-8-19-20)11-18-17(22)16-13-21(9-10-23-16)12-14-5-3-2-4-6-14/h2-8,16H,9-13H2,1H3,(H,18,22)/t16-/m1/s1. The second-order valence-corrected chi connectivity index (χ2v) is 5.74. The number of nitrogens with one attached hydrogen (secondary N) is 1. The van der Waals surface area contributed by atoms with E-state index in [0.717, 1.165) is 18.8 Å². The van der Waals surface area contributed by atoms with Crippen LogP contribution in [0.2, 0.25) is 0 Å². The van der Waals surface area contributed by atoms with Gasteiger partial charge in [-0.05, 0) is 11.6 Å². The highest BCUT2D eigenvalue weighted by Gasteiger charge is 2.26. The van der Waals surface area contributed by atoms with E-state index in [1.165, 1.54) is 5.56 Å². The fraction of sp³-hybridized carbons (Fsp3) is 0.412. The minimum Gasteiger partial charge on any atom is -0.366 e. The number of aryl methyl sites for hydroxylation is 1. The van der Waals surface area contributed by atoms with Gasteiger partial charge >= 0.3 is 0 Å². The van der Waals surface area contributed by atoms with Crippen molar-refractivity contribution in [2.24, 2.45) is 7.05 Å². The van der Waals surface area contributed by atoms with E-state index >= 15 is 0 Å². The molecule has 3 rings (SSSR count). The lowest BCUT2D eigenvalue weighted by Gasteiger charge is -2.32. The van der Waals surface area contributed by atoms with Gasteiger partial charge in [0.15, 0.2) is 0 Å². The van der Waals surface area contributed by atoms with Crippen LogP contribution in [0.5, 0.6) is 0 Å². The average molecular weight is 314 g/mol. The number of hydrogen-bond acceptors (Lipinski definition) is 4. The number of nitrogens with zero attached hydrogens (tertiary/aromatic N) is 3. The van der Waals surface area contributed by atoms with Crippen LogP contribution in [0.1, 0.15) is 11.3 Å². The molecule has 6 nitrogen and oxygen atoms in total. The largest absolute Gasteiger partial charge is 0.366 e. The third-order valence-electron chi connectivity index (χ3n) is 4.06. The summed E-state index contributed by atoms with van der Waals surface area (Å²) >= 11 is 0. The molecule has 1 aromatic heterocycles. The third-order valence-corrected chi connectivity index (χ3v) is 4.06. The maximum Gasteiger partial charge on any atom is 0.250 e. The molecule has 1 atom stereocenters. The van der Waals surface area contributed by atoms with E-state index < -0.39 is 6.10 Å². The summed E-state index contributed by atoms with van der Waals surface area (Å²) in [7, 11) is 1.86. The van der Waals surface area contributed by atoms with E-state index in [-0.39, 0.29) is 5.91 Å². The first-order valence-corrected chi connectivity index (χ1v) is 7.85. The summed E-state index contributed by atoms with van der Waals surface area (Å²) in [4.78, 5) is 14.6. The molecule has 0 unspecified atom stereocenters. The van der Waals surface area contributed by atoms with Crippen LogP contribution in [0.25, 0.3) is 0 Å². The van der Waals surface area contributed by atoms with Crippen LogP contribution in [0.15, 0.2) is 42.6 Å². The molecule has 6 heteroatoms. The predicted molar refractivity (Wildman–Crippen MR) is 86.5 cm³/mol. The van der Waals surface area contributed by atoms with Crippen molar-refractivity contribution in [3.8, 4) is 0 Å². The van der Waals surface area contributed by atoms with Crippen LogP contribution in [0.4, 0.5) is 0 Å². The van der Waals surface area contributed by atoms with Gasteiger partial charge in [0.1, 0.15) is 6.10 Å². The molecule has 23 heavy (non-hydrogen) atoms. The normalized spacial score (nSPS) is 18.7.